The summed E-state index contributed by atoms with van der Waals surface area (Å²) >= 11 is 0. The van der Waals surface area contributed by atoms with E-state index in [0.29, 0.717) is 6.54 Å². The smallest absolute Gasteiger partial charge is 0.241 e. The number of nitrogens with zero attached hydrogens (tertiary/aromatic N) is 1. The molecule has 2 rings (SSSR count). The van der Waals surface area contributed by atoms with E-state index in [1.54, 1.807) is 12.4 Å². The molecule has 1 unspecified atom stereocenters. The van der Waals surface area contributed by atoms with Crippen molar-refractivity contribution in [2.24, 2.45) is 5.73 Å². The molecule has 0 saturated heterocycles. The average molecular weight is 342 g/mol. The third-order valence-corrected chi connectivity index (χ3v) is 3.15. The molecule has 1 atom stereocenters. The summed E-state index contributed by atoms with van der Waals surface area (Å²) in [5.74, 6) is -0.155. The molecule has 1 amide bonds. The number of pyridine rings is 1. The van der Waals surface area contributed by atoms with E-state index in [0.717, 1.165) is 23.1 Å². The molecule has 1 aromatic heterocycles. The number of hydrogen-bond donors (Lipinski definition) is 2. The molecule has 120 valence electrons. The Morgan fingerprint density at radius 2 is 1.91 bits per heavy atom. The van der Waals surface area contributed by atoms with E-state index in [2.05, 4.69) is 10.3 Å². The van der Waals surface area contributed by atoms with Gasteiger partial charge in [-0.25, -0.2) is 0 Å². The minimum atomic E-state index is -0.621. The molecule has 0 bridgehead atoms. The maximum atomic E-state index is 12.0. The van der Waals surface area contributed by atoms with E-state index >= 15 is 0 Å². The average Bonchev–Trinajstić information content (AvgIpc) is 2.48. The maximum absolute atomic E-state index is 12.0. The SMILES string of the molecule is Cc1ccc(C(N)C(=O)NCCc2cccnc2)cc1.Cl.Cl. The predicted molar refractivity (Wildman–Crippen MR) is 93.6 cm³/mol. The first-order valence-corrected chi connectivity index (χ1v) is 6.65. The van der Waals surface area contributed by atoms with Crippen LogP contribution in [-0.4, -0.2) is 17.4 Å². The molecule has 3 N–H and O–H groups in total. The number of hydrogen-bond acceptors (Lipinski definition) is 3. The molecule has 0 aliphatic heterocycles. The Balaban J connectivity index is 0.00000220. The van der Waals surface area contributed by atoms with Crippen molar-refractivity contribution in [3.8, 4) is 0 Å². The van der Waals surface area contributed by atoms with Crippen LogP contribution in [0.4, 0.5) is 0 Å². The van der Waals surface area contributed by atoms with Gasteiger partial charge in [0.25, 0.3) is 0 Å². The Morgan fingerprint density at radius 1 is 1.23 bits per heavy atom. The number of carbonyl (C=O) groups is 1. The fourth-order valence-electron chi connectivity index (χ4n) is 1.91. The topological polar surface area (TPSA) is 68.0 Å². The zero-order chi connectivity index (χ0) is 14.4. The minimum Gasteiger partial charge on any atom is -0.354 e. The monoisotopic (exact) mass is 341 g/mol. The van der Waals surface area contributed by atoms with E-state index in [1.165, 1.54) is 0 Å². The van der Waals surface area contributed by atoms with Gasteiger partial charge in [0.1, 0.15) is 6.04 Å². The van der Waals surface area contributed by atoms with Gasteiger partial charge in [-0.15, -0.1) is 24.8 Å². The molecule has 22 heavy (non-hydrogen) atoms. The highest BCUT2D eigenvalue weighted by Crippen LogP contribution is 2.11. The molecule has 1 aromatic carbocycles. The second-order valence-corrected chi connectivity index (χ2v) is 4.79. The second-order valence-electron chi connectivity index (χ2n) is 4.79. The van der Waals surface area contributed by atoms with Crippen LogP contribution in [0.2, 0.25) is 0 Å². The van der Waals surface area contributed by atoms with Crippen LogP contribution >= 0.6 is 24.8 Å². The Morgan fingerprint density at radius 3 is 2.50 bits per heavy atom. The van der Waals surface area contributed by atoms with Crippen molar-refractivity contribution in [2.75, 3.05) is 6.54 Å². The van der Waals surface area contributed by atoms with Gasteiger partial charge in [0.2, 0.25) is 5.91 Å². The number of aromatic nitrogens is 1. The maximum Gasteiger partial charge on any atom is 0.241 e. The first-order chi connectivity index (χ1) is 9.66. The van der Waals surface area contributed by atoms with Gasteiger partial charge in [-0.05, 0) is 30.5 Å². The Bertz CT molecular complexity index is 561. The lowest BCUT2D eigenvalue weighted by Crippen LogP contribution is -2.35. The lowest BCUT2D eigenvalue weighted by atomic mass is 10.1. The summed E-state index contributed by atoms with van der Waals surface area (Å²) in [4.78, 5) is 16.0. The van der Waals surface area contributed by atoms with Crippen LogP contribution in [-0.2, 0) is 11.2 Å². The van der Waals surface area contributed by atoms with Crippen molar-refractivity contribution in [3.05, 3.63) is 65.5 Å². The Hall–Kier alpha value is -1.62. The van der Waals surface area contributed by atoms with Crippen LogP contribution in [0.3, 0.4) is 0 Å². The van der Waals surface area contributed by atoms with Crippen molar-refractivity contribution >= 4 is 30.7 Å². The highest BCUT2D eigenvalue weighted by molar-refractivity contribution is 5.85. The van der Waals surface area contributed by atoms with Crippen molar-refractivity contribution < 1.29 is 4.79 Å². The molecule has 6 heteroatoms. The van der Waals surface area contributed by atoms with Gasteiger partial charge in [0, 0.05) is 18.9 Å². The quantitative estimate of drug-likeness (QED) is 0.878. The summed E-state index contributed by atoms with van der Waals surface area (Å²) in [6.45, 7) is 2.56. The van der Waals surface area contributed by atoms with E-state index in [9.17, 15) is 4.79 Å². The molecule has 0 spiro atoms. The summed E-state index contributed by atoms with van der Waals surface area (Å²) < 4.78 is 0. The summed E-state index contributed by atoms with van der Waals surface area (Å²) in [5, 5.41) is 2.85. The zero-order valence-corrected chi connectivity index (χ0v) is 14.0. The van der Waals surface area contributed by atoms with Crippen LogP contribution in [0, 0.1) is 6.92 Å². The molecule has 4 nitrogen and oxygen atoms in total. The molecule has 0 fully saturated rings. The van der Waals surface area contributed by atoms with Crippen LogP contribution in [0.25, 0.3) is 0 Å². The van der Waals surface area contributed by atoms with Gasteiger partial charge < -0.3 is 11.1 Å². The number of nitrogens with one attached hydrogen (secondary N) is 1. The molecule has 0 radical (unpaired) electrons. The fraction of sp³-hybridized carbons (Fsp3) is 0.250. The van der Waals surface area contributed by atoms with Gasteiger partial charge in [-0.2, -0.15) is 0 Å². The first kappa shape index (κ1) is 20.4. The second kappa shape index (κ2) is 10.2. The van der Waals surface area contributed by atoms with Gasteiger partial charge in [0.05, 0.1) is 0 Å². The van der Waals surface area contributed by atoms with E-state index < -0.39 is 6.04 Å². The Kier molecular flexibility index (Phi) is 9.42. The van der Waals surface area contributed by atoms with Crippen molar-refractivity contribution in [1.82, 2.24) is 10.3 Å². The number of amides is 1. The molecule has 0 aliphatic carbocycles. The highest BCUT2D eigenvalue weighted by atomic mass is 35.5. The predicted octanol–water partition coefficient (Wildman–Crippen LogP) is 2.59. The van der Waals surface area contributed by atoms with E-state index in [4.69, 9.17) is 5.73 Å². The molecular formula is C16H21Cl2N3O. The zero-order valence-electron chi connectivity index (χ0n) is 12.4. The normalized spacial score (nSPS) is 10.8. The summed E-state index contributed by atoms with van der Waals surface area (Å²) in [6.07, 6.45) is 4.28. The van der Waals surface area contributed by atoms with Gasteiger partial charge >= 0.3 is 0 Å². The number of benzene rings is 1. The third-order valence-electron chi connectivity index (χ3n) is 3.15. The number of carbonyl (C=O) groups excluding carboxylic acids is 1. The van der Waals surface area contributed by atoms with Crippen molar-refractivity contribution in [2.45, 2.75) is 19.4 Å². The van der Waals surface area contributed by atoms with E-state index in [1.807, 2.05) is 43.3 Å². The van der Waals surface area contributed by atoms with Crippen molar-refractivity contribution in [3.63, 3.8) is 0 Å². The molecule has 0 saturated carbocycles. The molecule has 0 aliphatic rings. The highest BCUT2D eigenvalue weighted by Gasteiger charge is 2.14. The molecule has 1 heterocycles. The standard InChI is InChI=1S/C16H19N3O.2ClH/c1-12-4-6-14(7-5-12)15(17)16(20)19-10-8-13-3-2-9-18-11-13;;/h2-7,9,11,15H,8,10,17H2,1H3,(H,19,20);2*1H. The minimum absolute atomic E-state index is 0. The summed E-state index contributed by atoms with van der Waals surface area (Å²) in [6, 6.07) is 10.9. The van der Waals surface area contributed by atoms with Crippen LogP contribution < -0.4 is 11.1 Å². The summed E-state index contributed by atoms with van der Waals surface area (Å²) in [5.41, 5.74) is 9.02. The summed E-state index contributed by atoms with van der Waals surface area (Å²) in [7, 11) is 0. The lowest BCUT2D eigenvalue weighted by Gasteiger charge is -2.12. The number of nitrogens with two attached hydrogens (primary N) is 1. The fourth-order valence-corrected chi connectivity index (χ4v) is 1.91. The largest absolute Gasteiger partial charge is 0.354 e. The van der Waals surface area contributed by atoms with Gasteiger partial charge in [-0.1, -0.05) is 35.9 Å². The van der Waals surface area contributed by atoms with Gasteiger partial charge in [-0.3, -0.25) is 9.78 Å². The van der Waals surface area contributed by atoms with Gasteiger partial charge in [0.15, 0.2) is 0 Å². The van der Waals surface area contributed by atoms with E-state index in [-0.39, 0.29) is 30.7 Å². The van der Waals surface area contributed by atoms with Crippen LogP contribution in [0.5, 0.6) is 0 Å². The Labute approximate surface area is 143 Å². The number of rotatable bonds is 5. The number of aryl methyl sites for hydroxylation is 1. The lowest BCUT2D eigenvalue weighted by molar-refractivity contribution is -0.122. The van der Waals surface area contributed by atoms with Crippen molar-refractivity contribution in [1.29, 1.82) is 0 Å². The third kappa shape index (κ3) is 6.02. The number of halogens is 2. The molecule has 2 aromatic rings. The van der Waals surface area contributed by atoms with Crippen LogP contribution in [0.15, 0.2) is 48.8 Å². The molecular weight excluding hydrogens is 321 g/mol. The first-order valence-electron chi connectivity index (χ1n) is 6.65. The van der Waals surface area contributed by atoms with Crippen LogP contribution in [0.1, 0.15) is 22.7 Å².